The molecule has 10 heteroatoms. The topological polar surface area (TPSA) is 79.1 Å². The van der Waals surface area contributed by atoms with Crippen molar-refractivity contribution in [1.82, 2.24) is 4.57 Å². The standard InChI is InChI=1S/C32H24FIN2O5S/c1-4-15-41-29-23(34)16-19(17-24(29)39-3)18-25-30(37)36-28(21-11-13-22(33)14-12-21)26(31(38)40-5-2)27(35-32(36)42-25)20-9-7-6-8-10-20/h1,6-14,16-18,28H,5,15H2,2-3H3/b25-18-/t28-/m0/s1. The predicted octanol–water partition coefficient (Wildman–Crippen LogP) is 4.70. The quantitative estimate of drug-likeness (QED) is 0.152. The van der Waals surface area contributed by atoms with Crippen molar-refractivity contribution in [2.75, 3.05) is 20.3 Å². The number of hydrogen-bond donors (Lipinski definition) is 0. The average Bonchev–Trinajstić information content (AvgIpc) is 3.30. The van der Waals surface area contributed by atoms with Crippen molar-refractivity contribution in [2.45, 2.75) is 13.0 Å². The molecule has 1 aromatic heterocycles. The Morgan fingerprint density at radius 2 is 1.93 bits per heavy atom. The molecule has 212 valence electrons. The van der Waals surface area contributed by atoms with Gasteiger partial charge in [0.25, 0.3) is 5.56 Å². The van der Waals surface area contributed by atoms with Crippen LogP contribution in [-0.2, 0) is 9.53 Å². The summed E-state index contributed by atoms with van der Waals surface area (Å²) < 4.78 is 33.2. The highest BCUT2D eigenvalue weighted by atomic mass is 127. The van der Waals surface area contributed by atoms with E-state index in [1.54, 1.807) is 31.2 Å². The number of thiazole rings is 1. The lowest BCUT2D eigenvalue weighted by Gasteiger charge is -2.25. The van der Waals surface area contributed by atoms with E-state index in [9.17, 15) is 14.0 Å². The van der Waals surface area contributed by atoms with Crippen LogP contribution in [-0.4, -0.2) is 30.9 Å². The fraction of sp³-hybridized carbons (Fsp3) is 0.156. The summed E-state index contributed by atoms with van der Waals surface area (Å²) in [5.74, 6) is 2.38. The summed E-state index contributed by atoms with van der Waals surface area (Å²) in [5, 5.41) is 0. The first-order chi connectivity index (χ1) is 20.4. The Hall–Kier alpha value is -4.21. The van der Waals surface area contributed by atoms with Crippen molar-refractivity contribution in [3.63, 3.8) is 0 Å². The van der Waals surface area contributed by atoms with Crippen molar-refractivity contribution in [3.8, 4) is 23.8 Å². The molecule has 0 aliphatic carbocycles. The van der Waals surface area contributed by atoms with Gasteiger partial charge >= 0.3 is 5.97 Å². The minimum Gasteiger partial charge on any atom is -0.493 e. The van der Waals surface area contributed by atoms with Crippen molar-refractivity contribution < 1.29 is 23.4 Å². The molecule has 2 heterocycles. The first-order valence-electron chi connectivity index (χ1n) is 12.8. The summed E-state index contributed by atoms with van der Waals surface area (Å²) in [7, 11) is 1.52. The van der Waals surface area contributed by atoms with E-state index in [0.717, 1.165) is 3.57 Å². The van der Waals surface area contributed by atoms with Gasteiger partial charge in [0.15, 0.2) is 16.3 Å². The van der Waals surface area contributed by atoms with E-state index in [1.807, 2.05) is 36.4 Å². The molecule has 0 saturated heterocycles. The van der Waals surface area contributed by atoms with Crippen LogP contribution in [0.3, 0.4) is 0 Å². The van der Waals surface area contributed by atoms with Crippen molar-refractivity contribution in [2.24, 2.45) is 4.99 Å². The molecule has 0 unspecified atom stereocenters. The molecule has 0 amide bonds. The number of carbonyl (C=O) groups excluding carboxylic acids is 1. The summed E-state index contributed by atoms with van der Waals surface area (Å²) in [5.41, 5.74) is 2.15. The van der Waals surface area contributed by atoms with Crippen molar-refractivity contribution in [1.29, 1.82) is 0 Å². The van der Waals surface area contributed by atoms with Gasteiger partial charge in [0.2, 0.25) is 0 Å². The molecule has 0 bridgehead atoms. The predicted molar refractivity (Wildman–Crippen MR) is 167 cm³/mol. The first-order valence-corrected chi connectivity index (χ1v) is 14.7. The molecule has 5 rings (SSSR count). The molecule has 4 aromatic rings. The highest BCUT2D eigenvalue weighted by Gasteiger charge is 2.35. The second-order valence-electron chi connectivity index (χ2n) is 9.01. The average molecular weight is 695 g/mol. The van der Waals surface area contributed by atoms with Crippen LogP contribution < -0.4 is 24.4 Å². The Labute approximate surface area is 258 Å². The lowest BCUT2D eigenvalue weighted by Crippen LogP contribution is -2.40. The SMILES string of the molecule is C#CCOc1c(I)cc(/C=c2\sc3n(c2=O)[C@@H](c2ccc(F)cc2)C(C(=O)OCC)=C(c2ccccc2)N=3)cc1OC. The van der Waals surface area contributed by atoms with Crippen LogP contribution in [0, 0.1) is 21.7 Å². The zero-order valence-corrected chi connectivity index (χ0v) is 25.6. The van der Waals surface area contributed by atoms with Crippen LogP contribution in [0.2, 0.25) is 0 Å². The number of esters is 1. The zero-order valence-electron chi connectivity index (χ0n) is 22.6. The fourth-order valence-corrected chi connectivity index (χ4v) is 6.41. The molecule has 1 aliphatic heterocycles. The molecule has 0 fully saturated rings. The maximum atomic E-state index is 14.0. The monoisotopic (exact) mass is 694 g/mol. The largest absolute Gasteiger partial charge is 0.493 e. The van der Waals surface area contributed by atoms with E-state index in [4.69, 9.17) is 25.6 Å². The van der Waals surface area contributed by atoms with Gasteiger partial charge in [-0.3, -0.25) is 9.36 Å². The Morgan fingerprint density at radius 3 is 2.60 bits per heavy atom. The number of benzene rings is 3. The van der Waals surface area contributed by atoms with E-state index < -0.39 is 17.8 Å². The molecule has 7 nitrogen and oxygen atoms in total. The summed E-state index contributed by atoms with van der Waals surface area (Å²) in [6.07, 6.45) is 7.08. The third-order valence-electron chi connectivity index (χ3n) is 6.41. The first kappa shape index (κ1) is 29.3. The summed E-state index contributed by atoms with van der Waals surface area (Å²) >= 11 is 3.31. The van der Waals surface area contributed by atoms with Gasteiger partial charge in [0.1, 0.15) is 12.4 Å². The molecule has 42 heavy (non-hydrogen) atoms. The highest BCUT2D eigenvalue weighted by molar-refractivity contribution is 14.1. The fourth-order valence-electron chi connectivity index (χ4n) is 4.63. The van der Waals surface area contributed by atoms with E-state index in [2.05, 4.69) is 28.5 Å². The van der Waals surface area contributed by atoms with Gasteiger partial charge in [0, 0.05) is 5.56 Å². The smallest absolute Gasteiger partial charge is 0.338 e. The summed E-state index contributed by atoms with van der Waals surface area (Å²) in [6, 6.07) is 17.7. The van der Waals surface area contributed by atoms with Gasteiger partial charge in [-0.2, -0.15) is 0 Å². The van der Waals surface area contributed by atoms with E-state index >= 15 is 0 Å². The highest BCUT2D eigenvalue weighted by Crippen LogP contribution is 2.36. The maximum absolute atomic E-state index is 14.0. The second kappa shape index (κ2) is 12.8. The molecule has 0 N–H and O–H groups in total. The van der Waals surface area contributed by atoms with Crippen LogP contribution in [0.5, 0.6) is 11.5 Å². The number of terminal acetylenes is 1. The lowest BCUT2D eigenvalue weighted by molar-refractivity contribution is -0.138. The van der Waals surface area contributed by atoms with Crippen LogP contribution in [0.25, 0.3) is 11.8 Å². The van der Waals surface area contributed by atoms with E-state index in [0.29, 0.717) is 43.2 Å². The number of fused-ring (bicyclic) bond motifs is 1. The number of aromatic nitrogens is 1. The van der Waals surface area contributed by atoms with Gasteiger partial charge in [-0.25, -0.2) is 14.2 Å². The van der Waals surface area contributed by atoms with E-state index in [-0.39, 0.29) is 24.3 Å². The molecule has 0 saturated carbocycles. The zero-order chi connectivity index (χ0) is 29.8. The molecule has 0 spiro atoms. The minimum absolute atomic E-state index is 0.0836. The number of carbonyl (C=O) groups is 1. The second-order valence-corrected chi connectivity index (χ2v) is 11.2. The molecule has 0 radical (unpaired) electrons. The van der Waals surface area contributed by atoms with Crippen molar-refractivity contribution >= 4 is 51.7 Å². The Balaban J connectivity index is 1.77. The van der Waals surface area contributed by atoms with Gasteiger partial charge in [0.05, 0.1) is 39.1 Å². The number of halogens is 2. The van der Waals surface area contributed by atoms with Crippen LogP contribution in [0.15, 0.2) is 82.1 Å². The van der Waals surface area contributed by atoms with Gasteiger partial charge in [-0.1, -0.05) is 59.7 Å². The van der Waals surface area contributed by atoms with Crippen LogP contribution in [0.4, 0.5) is 4.39 Å². The maximum Gasteiger partial charge on any atom is 0.338 e. The number of hydrogen-bond acceptors (Lipinski definition) is 7. The molecule has 1 atom stereocenters. The Morgan fingerprint density at radius 1 is 1.19 bits per heavy atom. The van der Waals surface area contributed by atoms with Gasteiger partial charge in [-0.05, 0) is 71.0 Å². The number of methoxy groups -OCH3 is 1. The molecular formula is C32H24FIN2O5S. The molecule has 3 aromatic carbocycles. The van der Waals surface area contributed by atoms with Crippen molar-refractivity contribution in [3.05, 3.63) is 118 Å². The molecular weight excluding hydrogens is 670 g/mol. The normalized spacial score (nSPS) is 14.5. The Kier molecular flexibility index (Phi) is 8.89. The third kappa shape index (κ3) is 5.75. The minimum atomic E-state index is -0.896. The summed E-state index contributed by atoms with van der Waals surface area (Å²) in [6.45, 7) is 1.92. The summed E-state index contributed by atoms with van der Waals surface area (Å²) in [4.78, 5) is 32.7. The van der Waals surface area contributed by atoms with Crippen LogP contribution >= 0.6 is 33.9 Å². The lowest BCUT2D eigenvalue weighted by atomic mass is 9.93. The van der Waals surface area contributed by atoms with Gasteiger partial charge in [-0.15, -0.1) is 6.42 Å². The third-order valence-corrected chi connectivity index (χ3v) is 8.19. The van der Waals surface area contributed by atoms with E-state index in [1.165, 1.54) is 35.1 Å². The number of rotatable bonds is 8. The number of nitrogens with zero attached hydrogens (tertiary/aromatic N) is 2. The molecule has 1 aliphatic rings. The Bertz CT molecular complexity index is 1910. The van der Waals surface area contributed by atoms with Crippen LogP contribution in [0.1, 0.15) is 29.7 Å². The number of ether oxygens (including phenoxy) is 3. The van der Waals surface area contributed by atoms with Gasteiger partial charge < -0.3 is 14.2 Å².